The minimum absolute atomic E-state index is 0.737. The van der Waals surface area contributed by atoms with Gasteiger partial charge < -0.3 is 0 Å². The third-order valence-electron chi connectivity index (χ3n) is 12.2. The molecule has 0 amide bonds. The second-order valence-corrected chi connectivity index (χ2v) is 18.8. The molecule has 0 aromatic rings. The van der Waals surface area contributed by atoms with E-state index in [2.05, 4.69) is 20.8 Å². The van der Waals surface area contributed by atoms with E-state index in [9.17, 15) is 13.0 Å². The molecular formula is C49H100O4S. The lowest BCUT2D eigenvalue weighted by molar-refractivity contribution is 0.0287. The summed E-state index contributed by atoms with van der Waals surface area (Å²) in [5, 5.41) is 0. The summed E-state index contributed by atoms with van der Waals surface area (Å²) in [6, 6.07) is 0. The van der Waals surface area contributed by atoms with Gasteiger partial charge in [0.1, 0.15) is 0 Å². The SMILES string of the molecule is CCCCCCCCCCCCCCCCC(CCCCCCCCCCCCCCCC)(CCCCCCCCCCCCCCCC)OS(=O)(=O)O. The predicted molar refractivity (Wildman–Crippen MR) is 240 cm³/mol. The maximum absolute atomic E-state index is 12.2. The van der Waals surface area contributed by atoms with Gasteiger partial charge in [-0.2, -0.15) is 8.42 Å². The second-order valence-electron chi connectivity index (χ2n) is 17.7. The number of rotatable bonds is 47. The van der Waals surface area contributed by atoms with Crippen LogP contribution in [0.1, 0.15) is 310 Å². The second kappa shape index (κ2) is 42.5. The minimum Gasteiger partial charge on any atom is -0.264 e. The zero-order valence-electron chi connectivity index (χ0n) is 37.4. The Bertz CT molecular complexity index is 734. The number of hydrogen-bond acceptors (Lipinski definition) is 3. The van der Waals surface area contributed by atoms with Crippen LogP contribution in [0.25, 0.3) is 0 Å². The van der Waals surface area contributed by atoms with Crippen molar-refractivity contribution in [2.24, 2.45) is 0 Å². The van der Waals surface area contributed by atoms with Gasteiger partial charge in [-0.1, -0.05) is 290 Å². The number of hydrogen-bond donors (Lipinski definition) is 1. The summed E-state index contributed by atoms with van der Waals surface area (Å²) in [6.07, 6.45) is 57.5. The van der Waals surface area contributed by atoms with Crippen LogP contribution in [0.5, 0.6) is 0 Å². The van der Waals surface area contributed by atoms with E-state index in [0.29, 0.717) is 0 Å². The van der Waals surface area contributed by atoms with Crippen LogP contribution in [0.3, 0.4) is 0 Å². The van der Waals surface area contributed by atoms with Gasteiger partial charge in [0, 0.05) is 0 Å². The summed E-state index contributed by atoms with van der Waals surface area (Å²) in [7, 11) is -4.49. The van der Waals surface area contributed by atoms with Gasteiger partial charge in [-0.3, -0.25) is 4.55 Å². The molecule has 0 bridgehead atoms. The van der Waals surface area contributed by atoms with Gasteiger partial charge in [0.25, 0.3) is 0 Å². The van der Waals surface area contributed by atoms with Crippen molar-refractivity contribution in [3.63, 3.8) is 0 Å². The van der Waals surface area contributed by atoms with Crippen LogP contribution >= 0.6 is 0 Å². The lowest BCUT2D eigenvalue weighted by atomic mass is 9.85. The molecule has 4 nitrogen and oxygen atoms in total. The van der Waals surface area contributed by atoms with Crippen molar-refractivity contribution in [2.45, 2.75) is 315 Å². The average molecular weight is 785 g/mol. The summed E-state index contributed by atoms with van der Waals surface area (Å²) in [5.41, 5.74) is -0.737. The van der Waals surface area contributed by atoms with Gasteiger partial charge in [-0.25, -0.2) is 4.18 Å². The van der Waals surface area contributed by atoms with E-state index in [4.69, 9.17) is 4.18 Å². The molecule has 0 unspecified atom stereocenters. The molecule has 0 aliphatic rings. The predicted octanol–water partition coefficient (Wildman–Crippen LogP) is 18.2. The van der Waals surface area contributed by atoms with E-state index in [1.807, 2.05) is 0 Å². The normalized spacial score (nSPS) is 12.3. The topological polar surface area (TPSA) is 63.6 Å². The van der Waals surface area contributed by atoms with Crippen LogP contribution in [0.15, 0.2) is 0 Å². The van der Waals surface area contributed by atoms with Crippen molar-refractivity contribution >= 4 is 10.4 Å². The lowest BCUT2D eigenvalue weighted by Crippen LogP contribution is -2.35. The van der Waals surface area contributed by atoms with E-state index in [1.165, 1.54) is 231 Å². The summed E-state index contributed by atoms with van der Waals surface area (Å²) in [6.45, 7) is 6.85. The van der Waals surface area contributed by atoms with E-state index in [-0.39, 0.29) is 0 Å². The molecule has 0 aromatic heterocycles. The molecule has 5 heteroatoms. The van der Waals surface area contributed by atoms with Crippen LogP contribution in [0.2, 0.25) is 0 Å². The summed E-state index contributed by atoms with van der Waals surface area (Å²) < 4.78 is 40.1. The highest BCUT2D eigenvalue weighted by atomic mass is 32.3. The Labute approximate surface area is 341 Å². The van der Waals surface area contributed by atoms with Crippen molar-refractivity contribution in [3.05, 3.63) is 0 Å². The Morgan fingerprint density at radius 3 is 0.593 bits per heavy atom. The van der Waals surface area contributed by atoms with E-state index in [0.717, 1.165) is 57.8 Å². The first-order chi connectivity index (χ1) is 26.4. The molecule has 0 saturated carbocycles. The lowest BCUT2D eigenvalue weighted by Gasteiger charge is -2.32. The first kappa shape index (κ1) is 53.9. The van der Waals surface area contributed by atoms with E-state index < -0.39 is 16.0 Å². The van der Waals surface area contributed by atoms with E-state index >= 15 is 0 Å². The van der Waals surface area contributed by atoms with Crippen molar-refractivity contribution in [3.8, 4) is 0 Å². The monoisotopic (exact) mass is 785 g/mol. The molecule has 0 saturated heterocycles. The Morgan fingerprint density at radius 2 is 0.444 bits per heavy atom. The molecule has 0 atom stereocenters. The smallest absolute Gasteiger partial charge is 0.264 e. The standard InChI is InChI=1S/C49H100O4S/c1-4-7-10-13-16-19-22-25-28-31-34-37-40-43-46-49(53-54(50,51)52,47-44-41-38-35-32-29-26-23-20-17-14-11-8-5-2)48-45-42-39-36-33-30-27-24-21-18-15-12-9-6-3/h4-48H2,1-3H3,(H,50,51,52). The third kappa shape index (κ3) is 41.5. The number of unbranched alkanes of at least 4 members (excludes halogenated alkanes) is 39. The van der Waals surface area contributed by atoms with Crippen molar-refractivity contribution < 1.29 is 17.2 Å². The Kier molecular flexibility index (Phi) is 42.4. The molecular weight excluding hydrogens is 685 g/mol. The molecule has 326 valence electrons. The zero-order valence-corrected chi connectivity index (χ0v) is 38.2. The quantitative estimate of drug-likeness (QED) is 0.0493. The first-order valence-corrected chi connectivity index (χ1v) is 26.4. The molecule has 0 radical (unpaired) electrons. The Morgan fingerprint density at radius 1 is 0.296 bits per heavy atom. The Balaban J connectivity index is 4.57. The largest absolute Gasteiger partial charge is 0.397 e. The highest BCUT2D eigenvalue weighted by molar-refractivity contribution is 7.80. The van der Waals surface area contributed by atoms with Crippen LogP contribution in [-0.4, -0.2) is 18.6 Å². The van der Waals surface area contributed by atoms with Crippen LogP contribution in [0, 0.1) is 0 Å². The summed E-state index contributed by atoms with van der Waals surface area (Å²) in [4.78, 5) is 0. The van der Waals surface area contributed by atoms with Gasteiger partial charge in [-0.15, -0.1) is 0 Å². The van der Waals surface area contributed by atoms with Crippen molar-refractivity contribution in [1.82, 2.24) is 0 Å². The molecule has 0 heterocycles. The minimum atomic E-state index is -4.49. The molecule has 1 N–H and O–H groups in total. The molecule has 54 heavy (non-hydrogen) atoms. The van der Waals surface area contributed by atoms with Gasteiger partial charge in [-0.05, 0) is 19.3 Å². The van der Waals surface area contributed by atoms with Crippen molar-refractivity contribution in [1.29, 1.82) is 0 Å². The molecule has 0 rings (SSSR count). The zero-order chi connectivity index (χ0) is 39.5. The maximum atomic E-state index is 12.2. The van der Waals surface area contributed by atoms with Gasteiger partial charge in [0.15, 0.2) is 0 Å². The molecule has 0 fully saturated rings. The molecule has 0 aliphatic carbocycles. The highest BCUT2D eigenvalue weighted by Crippen LogP contribution is 2.34. The van der Waals surface area contributed by atoms with Gasteiger partial charge in [0.2, 0.25) is 0 Å². The highest BCUT2D eigenvalue weighted by Gasteiger charge is 2.34. The summed E-state index contributed by atoms with van der Waals surface area (Å²) in [5.74, 6) is 0. The first-order valence-electron chi connectivity index (χ1n) is 25.1. The molecule has 0 aromatic carbocycles. The van der Waals surface area contributed by atoms with Gasteiger partial charge >= 0.3 is 10.4 Å². The summed E-state index contributed by atoms with van der Waals surface area (Å²) >= 11 is 0. The third-order valence-corrected chi connectivity index (χ3v) is 12.8. The van der Waals surface area contributed by atoms with Crippen LogP contribution in [0.4, 0.5) is 0 Å². The van der Waals surface area contributed by atoms with Crippen molar-refractivity contribution in [2.75, 3.05) is 0 Å². The van der Waals surface area contributed by atoms with Crippen LogP contribution in [-0.2, 0) is 14.6 Å². The van der Waals surface area contributed by atoms with Crippen LogP contribution < -0.4 is 0 Å². The fourth-order valence-electron chi connectivity index (χ4n) is 8.65. The maximum Gasteiger partial charge on any atom is 0.397 e. The fraction of sp³-hybridized carbons (Fsp3) is 1.00. The molecule has 0 aliphatic heterocycles. The molecule has 0 spiro atoms. The van der Waals surface area contributed by atoms with E-state index in [1.54, 1.807) is 0 Å². The van der Waals surface area contributed by atoms with Gasteiger partial charge in [0.05, 0.1) is 5.60 Å². The Hall–Kier alpha value is -0.130. The average Bonchev–Trinajstić information content (AvgIpc) is 3.14. The fourth-order valence-corrected chi connectivity index (χ4v) is 9.35.